The van der Waals surface area contributed by atoms with Gasteiger partial charge in [-0.25, -0.2) is 4.79 Å². The first-order chi connectivity index (χ1) is 13.7. The van der Waals surface area contributed by atoms with Gasteiger partial charge in [0.05, 0.1) is 18.3 Å². The van der Waals surface area contributed by atoms with Gasteiger partial charge in [0.2, 0.25) is 0 Å². The number of thiophene rings is 1. The molecule has 29 heavy (non-hydrogen) atoms. The van der Waals surface area contributed by atoms with Crippen LogP contribution in [0.1, 0.15) is 43.8 Å². The lowest BCUT2D eigenvalue weighted by Gasteiger charge is -2.21. The Bertz CT molecular complexity index is 1050. The number of nitrogens with one attached hydrogen (secondary N) is 1. The average molecular weight is 415 g/mol. The molecule has 2 aromatic heterocycles. The van der Waals surface area contributed by atoms with E-state index < -0.39 is 5.60 Å². The zero-order chi connectivity index (χ0) is 21.2. The number of pyridine rings is 1. The normalized spacial score (nSPS) is 12.7. The quantitative estimate of drug-likeness (QED) is 0.571. The number of benzene rings is 1. The molecular weight excluding hydrogens is 388 g/mol. The second kappa shape index (κ2) is 8.37. The lowest BCUT2D eigenvalue weighted by atomic mass is 10.1. The molecule has 0 radical (unpaired) electrons. The Hall–Kier alpha value is -2.67. The first kappa shape index (κ1) is 21.0. The van der Waals surface area contributed by atoms with Gasteiger partial charge in [0.25, 0.3) is 0 Å². The van der Waals surface area contributed by atoms with Crippen molar-refractivity contribution in [3.8, 4) is 0 Å². The summed E-state index contributed by atoms with van der Waals surface area (Å²) in [4.78, 5) is 29.4. The van der Waals surface area contributed by atoms with Crippen LogP contribution in [0.5, 0.6) is 0 Å². The SMILES string of the molecule is COC(=O)c1sc2ccc3ncccc3c2c1NC[C@H](C)CC(=O)OC(C)(C)C. The smallest absolute Gasteiger partial charge is 0.350 e. The van der Waals surface area contributed by atoms with Crippen LogP contribution >= 0.6 is 11.3 Å². The number of ether oxygens (including phenoxy) is 2. The van der Waals surface area contributed by atoms with Gasteiger partial charge in [-0.3, -0.25) is 9.78 Å². The van der Waals surface area contributed by atoms with Gasteiger partial charge in [0, 0.05) is 34.6 Å². The maximum absolute atomic E-state index is 12.4. The third-order valence-electron chi connectivity index (χ3n) is 4.37. The molecule has 6 nitrogen and oxygen atoms in total. The third-order valence-corrected chi connectivity index (χ3v) is 5.50. The lowest BCUT2D eigenvalue weighted by Crippen LogP contribution is -2.26. The number of hydrogen-bond donors (Lipinski definition) is 1. The van der Waals surface area contributed by atoms with E-state index in [0.717, 1.165) is 26.7 Å². The van der Waals surface area contributed by atoms with Crippen LogP contribution in [-0.4, -0.2) is 36.2 Å². The number of methoxy groups -OCH3 is 1. The summed E-state index contributed by atoms with van der Waals surface area (Å²) in [6.45, 7) is 8.06. The number of hydrogen-bond acceptors (Lipinski definition) is 7. The molecule has 0 aliphatic carbocycles. The van der Waals surface area contributed by atoms with Crippen molar-refractivity contribution in [3.63, 3.8) is 0 Å². The zero-order valence-electron chi connectivity index (χ0n) is 17.4. The van der Waals surface area contributed by atoms with Crippen LogP contribution < -0.4 is 5.32 Å². The Morgan fingerprint density at radius 3 is 2.69 bits per heavy atom. The van der Waals surface area contributed by atoms with E-state index in [0.29, 0.717) is 17.8 Å². The number of esters is 2. The van der Waals surface area contributed by atoms with Crippen LogP contribution in [0.2, 0.25) is 0 Å². The molecule has 1 N–H and O–H groups in total. The second-order valence-electron chi connectivity index (χ2n) is 8.08. The average Bonchev–Trinajstić information content (AvgIpc) is 3.03. The maximum Gasteiger partial charge on any atom is 0.350 e. The zero-order valence-corrected chi connectivity index (χ0v) is 18.2. The maximum atomic E-state index is 12.4. The summed E-state index contributed by atoms with van der Waals surface area (Å²) >= 11 is 1.39. The minimum absolute atomic E-state index is 0.0263. The summed E-state index contributed by atoms with van der Waals surface area (Å²) in [5.41, 5.74) is 1.09. The Kier molecular flexibility index (Phi) is 6.07. The fourth-order valence-electron chi connectivity index (χ4n) is 3.17. The minimum Gasteiger partial charge on any atom is -0.465 e. The number of nitrogens with zero attached hydrogens (tertiary/aromatic N) is 1. The summed E-state index contributed by atoms with van der Waals surface area (Å²) in [5, 5.41) is 5.31. The number of fused-ring (bicyclic) bond motifs is 3. The van der Waals surface area contributed by atoms with E-state index in [-0.39, 0.29) is 17.9 Å². The van der Waals surface area contributed by atoms with Gasteiger partial charge in [0.1, 0.15) is 10.5 Å². The molecule has 0 aliphatic heterocycles. The molecular formula is C22H26N2O4S. The molecule has 1 aromatic carbocycles. The monoisotopic (exact) mass is 414 g/mol. The first-order valence-electron chi connectivity index (χ1n) is 9.54. The van der Waals surface area contributed by atoms with E-state index >= 15 is 0 Å². The fraction of sp³-hybridized carbons (Fsp3) is 0.409. The highest BCUT2D eigenvalue weighted by atomic mass is 32.1. The van der Waals surface area contributed by atoms with Gasteiger partial charge in [-0.15, -0.1) is 11.3 Å². The van der Waals surface area contributed by atoms with Gasteiger partial charge in [-0.05, 0) is 44.9 Å². The van der Waals surface area contributed by atoms with E-state index in [1.165, 1.54) is 18.4 Å². The Morgan fingerprint density at radius 1 is 1.24 bits per heavy atom. The van der Waals surface area contributed by atoms with Crippen molar-refractivity contribution in [2.45, 2.75) is 39.7 Å². The van der Waals surface area contributed by atoms with Crippen LogP contribution in [0.4, 0.5) is 5.69 Å². The van der Waals surface area contributed by atoms with Gasteiger partial charge in [-0.2, -0.15) is 0 Å². The first-order valence-corrected chi connectivity index (χ1v) is 10.4. The van der Waals surface area contributed by atoms with E-state index in [9.17, 15) is 9.59 Å². The van der Waals surface area contributed by atoms with Gasteiger partial charge in [0.15, 0.2) is 0 Å². The fourth-order valence-corrected chi connectivity index (χ4v) is 4.28. The van der Waals surface area contributed by atoms with Crippen LogP contribution in [0.25, 0.3) is 21.0 Å². The van der Waals surface area contributed by atoms with Gasteiger partial charge < -0.3 is 14.8 Å². The number of anilines is 1. The molecule has 2 heterocycles. The van der Waals surface area contributed by atoms with Crippen molar-refractivity contribution in [1.29, 1.82) is 0 Å². The Labute approximate surface area is 174 Å². The summed E-state index contributed by atoms with van der Waals surface area (Å²) in [7, 11) is 1.38. The Morgan fingerprint density at radius 2 is 2.00 bits per heavy atom. The van der Waals surface area contributed by atoms with Crippen LogP contribution in [-0.2, 0) is 14.3 Å². The highest BCUT2D eigenvalue weighted by Crippen LogP contribution is 2.40. The van der Waals surface area contributed by atoms with E-state index in [1.54, 1.807) is 6.20 Å². The number of rotatable bonds is 6. The Balaban J connectivity index is 1.90. The number of aromatic nitrogens is 1. The van der Waals surface area contributed by atoms with Crippen LogP contribution in [0.3, 0.4) is 0 Å². The van der Waals surface area contributed by atoms with E-state index in [4.69, 9.17) is 9.47 Å². The van der Waals surface area contributed by atoms with E-state index in [1.807, 2.05) is 52.0 Å². The number of carbonyl (C=O) groups is 2. The third kappa shape index (κ3) is 4.85. The van der Waals surface area contributed by atoms with Crippen molar-refractivity contribution < 1.29 is 19.1 Å². The van der Waals surface area contributed by atoms with Gasteiger partial charge >= 0.3 is 11.9 Å². The van der Waals surface area contributed by atoms with Gasteiger partial charge in [-0.1, -0.05) is 13.0 Å². The molecule has 0 spiro atoms. The minimum atomic E-state index is -0.502. The van der Waals surface area contributed by atoms with E-state index in [2.05, 4.69) is 10.3 Å². The lowest BCUT2D eigenvalue weighted by molar-refractivity contribution is -0.155. The largest absolute Gasteiger partial charge is 0.465 e. The highest BCUT2D eigenvalue weighted by molar-refractivity contribution is 7.21. The second-order valence-corrected chi connectivity index (χ2v) is 9.14. The molecule has 0 unspecified atom stereocenters. The molecule has 1 atom stereocenters. The van der Waals surface area contributed by atoms with Crippen LogP contribution in [0, 0.1) is 5.92 Å². The highest BCUT2D eigenvalue weighted by Gasteiger charge is 2.23. The summed E-state index contributed by atoms with van der Waals surface area (Å²) in [5.74, 6) is -0.589. The van der Waals surface area contributed by atoms with Crippen molar-refractivity contribution in [2.24, 2.45) is 5.92 Å². The van der Waals surface area contributed by atoms with Crippen molar-refractivity contribution in [1.82, 2.24) is 4.98 Å². The molecule has 0 saturated carbocycles. The molecule has 0 aliphatic rings. The summed E-state index contributed by atoms with van der Waals surface area (Å²) < 4.78 is 11.4. The molecule has 0 saturated heterocycles. The topological polar surface area (TPSA) is 77.5 Å². The molecule has 3 aromatic rings. The van der Waals surface area contributed by atoms with Crippen molar-refractivity contribution in [3.05, 3.63) is 35.3 Å². The molecule has 0 bridgehead atoms. The predicted octanol–water partition coefficient (Wildman–Crippen LogP) is 5.02. The molecule has 0 fully saturated rings. The predicted molar refractivity (Wildman–Crippen MR) is 117 cm³/mol. The summed E-state index contributed by atoms with van der Waals surface area (Å²) in [6.07, 6.45) is 2.04. The van der Waals surface area contributed by atoms with Crippen LogP contribution in [0.15, 0.2) is 30.5 Å². The molecule has 154 valence electrons. The number of carbonyl (C=O) groups excluding carboxylic acids is 2. The molecule has 7 heteroatoms. The molecule has 3 rings (SSSR count). The molecule has 0 amide bonds. The van der Waals surface area contributed by atoms with Crippen molar-refractivity contribution >= 4 is 50.0 Å². The van der Waals surface area contributed by atoms with Crippen molar-refractivity contribution in [2.75, 3.05) is 19.0 Å². The standard InChI is InChI=1S/C22H26N2O4S/c1-13(11-17(25)28-22(2,3)4)12-24-19-18-14-7-6-10-23-15(14)8-9-16(18)29-20(19)21(26)27-5/h6-10,13,24H,11-12H2,1-5H3/t13-/m1/s1. The summed E-state index contributed by atoms with van der Waals surface area (Å²) in [6, 6.07) is 7.79.